The van der Waals surface area contributed by atoms with Crippen molar-refractivity contribution in [3.63, 3.8) is 0 Å². The fourth-order valence-corrected chi connectivity index (χ4v) is 3.53. The molecule has 5 nitrogen and oxygen atoms in total. The molecule has 3 aliphatic rings. The predicted molar refractivity (Wildman–Crippen MR) is 74.1 cm³/mol. The van der Waals surface area contributed by atoms with E-state index >= 15 is 0 Å². The quantitative estimate of drug-likeness (QED) is 0.777. The highest BCUT2D eigenvalue weighted by atomic mass is 32.2. The Morgan fingerprint density at radius 1 is 1.39 bits per heavy atom. The first-order valence-corrected chi connectivity index (χ1v) is 8.12. The van der Waals surface area contributed by atoms with Crippen molar-refractivity contribution in [1.82, 2.24) is 4.90 Å². The molecule has 0 aromatic heterocycles. The topological polar surface area (TPSA) is 63.2 Å². The molecular weight excluding hydrogens is 248 g/mol. The number of piperidine rings is 1. The van der Waals surface area contributed by atoms with Gasteiger partial charge in [0.15, 0.2) is 11.6 Å². The van der Waals surface area contributed by atoms with Crippen LogP contribution in [0.3, 0.4) is 0 Å². The number of nitrogens with zero attached hydrogens (tertiary/aromatic N) is 3. The second kappa shape index (κ2) is 5.01. The van der Waals surface area contributed by atoms with Crippen molar-refractivity contribution in [1.29, 1.82) is 0 Å². The van der Waals surface area contributed by atoms with Crippen LogP contribution in [0.25, 0.3) is 0 Å². The minimum Gasteiger partial charge on any atom is -0.488 e. The van der Waals surface area contributed by atoms with Crippen molar-refractivity contribution >= 4 is 16.6 Å². The summed E-state index contributed by atoms with van der Waals surface area (Å²) in [6.45, 7) is 2.76. The lowest BCUT2D eigenvalue weighted by atomic mass is 10.1. The van der Waals surface area contributed by atoms with E-state index in [1.807, 2.05) is 0 Å². The number of hydrogen-bond acceptors (Lipinski definition) is 5. The molecule has 2 saturated heterocycles. The van der Waals surface area contributed by atoms with Crippen LogP contribution in [-0.2, 0) is 15.6 Å². The van der Waals surface area contributed by atoms with E-state index in [0.29, 0.717) is 6.04 Å². The average molecular weight is 268 g/mol. The number of hydrogen-bond donors (Lipinski definition) is 1. The van der Waals surface area contributed by atoms with E-state index < -0.39 is 0 Å². The average Bonchev–Trinajstić information content (AvgIpc) is 2.38. The number of likely N-dealkylation sites (tertiary alicyclic amines) is 1. The van der Waals surface area contributed by atoms with Crippen molar-refractivity contribution in [3.05, 3.63) is 11.6 Å². The second-order valence-corrected chi connectivity index (χ2v) is 6.26. The molecule has 0 aromatic rings. The Bertz CT molecular complexity index is 435. The van der Waals surface area contributed by atoms with E-state index in [1.165, 1.54) is 0 Å². The summed E-state index contributed by atoms with van der Waals surface area (Å²) in [5, 5.41) is 0. The van der Waals surface area contributed by atoms with Crippen LogP contribution < -0.4 is 5.73 Å². The molecule has 3 heterocycles. The molecule has 0 saturated carbocycles. The van der Waals surface area contributed by atoms with E-state index in [9.17, 15) is 0 Å². The van der Waals surface area contributed by atoms with Crippen LogP contribution in [0.4, 0.5) is 0 Å². The Morgan fingerprint density at radius 3 is 2.94 bits per heavy atom. The largest absolute Gasteiger partial charge is 0.488 e. The van der Waals surface area contributed by atoms with Crippen molar-refractivity contribution in [2.24, 2.45) is 14.5 Å². The maximum absolute atomic E-state index is 5.96. The van der Waals surface area contributed by atoms with Gasteiger partial charge in [0.1, 0.15) is 0 Å². The third-order valence-electron chi connectivity index (χ3n) is 3.57. The SMILES string of the molecule is CS1=NC(N2CCC(N)CC2)=C2OCCCC2=N1. The summed E-state index contributed by atoms with van der Waals surface area (Å²) in [5.74, 6) is 1.96. The van der Waals surface area contributed by atoms with Gasteiger partial charge in [0.05, 0.1) is 12.3 Å². The Kier molecular flexibility index (Phi) is 3.39. The molecule has 0 aromatic carbocycles. The zero-order chi connectivity index (χ0) is 12.5. The van der Waals surface area contributed by atoms with E-state index in [-0.39, 0.29) is 10.9 Å². The molecule has 0 spiro atoms. The first-order chi connectivity index (χ1) is 8.74. The lowest BCUT2D eigenvalue weighted by Gasteiger charge is -2.34. The molecule has 0 amide bonds. The Labute approximate surface area is 110 Å². The number of rotatable bonds is 1. The summed E-state index contributed by atoms with van der Waals surface area (Å²) in [4.78, 5) is 2.32. The van der Waals surface area contributed by atoms with Gasteiger partial charge in [0, 0.05) is 36.3 Å². The highest BCUT2D eigenvalue weighted by molar-refractivity contribution is 7.85. The summed E-state index contributed by atoms with van der Waals surface area (Å²) >= 11 is 0. The van der Waals surface area contributed by atoms with Gasteiger partial charge < -0.3 is 15.4 Å². The van der Waals surface area contributed by atoms with Gasteiger partial charge in [-0.25, -0.2) is 4.40 Å². The number of nitrogens with two attached hydrogens (primary N) is 1. The van der Waals surface area contributed by atoms with Gasteiger partial charge >= 0.3 is 0 Å². The summed E-state index contributed by atoms with van der Waals surface area (Å²) in [5.41, 5.74) is 7.08. The van der Waals surface area contributed by atoms with Crippen LogP contribution in [0.5, 0.6) is 0 Å². The minimum atomic E-state index is -0.247. The van der Waals surface area contributed by atoms with E-state index in [4.69, 9.17) is 14.8 Å². The van der Waals surface area contributed by atoms with Gasteiger partial charge in [-0.15, -0.1) is 0 Å². The van der Waals surface area contributed by atoms with Crippen LogP contribution in [-0.4, -0.2) is 42.6 Å². The van der Waals surface area contributed by atoms with E-state index in [1.54, 1.807) is 0 Å². The third-order valence-corrected chi connectivity index (χ3v) is 4.49. The summed E-state index contributed by atoms with van der Waals surface area (Å²) in [6, 6.07) is 0.343. The molecule has 0 aliphatic carbocycles. The smallest absolute Gasteiger partial charge is 0.184 e. The number of fused-ring (bicyclic) bond motifs is 1. The maximum atomic E-state index is 5.96. The summed E-state index contributed by atoms with van der Waals surface area (Å²) in [7, 11) is -0.247. The zero-order valence-corrected chi connectivity index (χ0v) is 11.6. The maximum Gasteiger partial charge on any atom is 0.184 e. The van der Waals surface area contributed by atoms with Gasteiger partial charge in [0.25, 0.3) is 0 Å². The van der Waals surface area contributed by atoms with Crippen LogP contribution >= 0.6 is 0 Å². The molecule has 0 bridgehead atoms. The number of allylic oxidation sites excluding steroid dienone is 1. The van der Waals surface area contributed by atoms with Crippen molar-refractivity contribution < 1.29 is 4.74 Å². The molecule has 6 heteroatoms. The lowest BCUT2D eigenvalue weighted by Crippen LogP contribution is -2.40. The zero-order valence-electron chi connectivity index (χ0n) is 10.8. The molecular formula is C12H20N4OS. The van der Waals surface area contributed by atoms with E-state index in [2.05, 4.69) is 15.6 Å². The molecule has 3 aliphatic heterocycles. The van der Waals surface area contributed by atoms with Crippen molar-refractivity contribution in [2.45, 2.75) is 31.7 Å². The Balaban J connectivity index is 1.89. The molecule has 2 N–H and O–H groups in total. The molecule has 1 atom stereocenters. The predicted octanol–water partition coefficient (Wildman–Crippen LogP) is 1.19. The highest BCUT2D eigenvalue weighted by Gasteiger charge is 2.28. The van der Waals surface area contributed by atoms with Gasteiger partial charge in [-0.3, -0.25) is 0 Å². The first-order valence-electron chi connectivity index (χ1n) is 6.57. The molecule has 2 fully saturated rings. The van der Waals surface area contributed by atoms with Crippen LogP contribution in [0, 0.1) is 0 Å². The highest BCUT2D eigenvalue weighted by Crippen LogP contribution is 2.27. The van der Waals surface area contributed by atoms with Gasteiger partial charge in [-0.1, -0.05) is 0 Å². The van der Waals surface area contributed by atoms with Crippen LogP contribution in [0.2, 0.25) is 0 Å². The molecule has 100 valence electrons. The number of ether oxygens (including phenoxy) is 1. The van der Waals surface area contributed by atoms with E-state index in [0.717, 1.165) is 62.7 Å². The summed E-state index contributed by atoms with van der Waals surface area (Å²) < 4.78 is 15.1. The first kappa shape index (κ1) is 12.2. The van der Waals surface area contributed by atoms with Crippen molar-refractivity contribution in [2.75, 3.05) is 26.0 Å². The Hall–Kier alpha value is -0.880. The standard InChI is InChI=1S/C12H20N4OS/c1-18-14-10-3-2-8-17-11(10)12(15-18)16-6-4-9(13)5-7-16/h9H,2-8,13H2,1H3. The van der Waals surface area contributed by atoms with Gasteiger partial charge in [-0.05, 0) is 25.7 Å². The third kappa shape index (κ3) is 2.31. The molecule has 1 unspecified atom stereocenters. The molecule has 18 heavy (non-hydrogen) atoms. The summed E-state index contributed by atoms with van der Waals surface area (Å²) in [6.07, 6.45) is 6.23. The monoisotopic (exact) mass is 268 g/mol. The minimum absolute atomic E-state index is 0.247. The van der Waals surface area contributed by atoms with Crippen molar-refractivity contribution in [3.8, 4) is 0 Å². The van der Waals surface area contributed by atoms with Crippen LogP contribution in [0.1, 0.15) is 25.7 Å². The van der Waals surface area contributed by atoms with Gasteiger partial charge in [0.2, 0.25) is 0 Å². The lowest BCUT2D eigenvalue weighted by molar-refractivity contribution is 0.186. The second-order valence-electron chi connectivity index (χ2n) is 5.01. The van der Waals surface area contributed by atoms with Gasteiger partial charge in [-0.2, -0.15) is 4.36 Å². The normalized spacial score (nSPS) is 29.3. The Morgan fingerprint density at radius 2 is 2.17 bits per heavy atom. The fourth-order valence-electron chi connectivity index (χ4n) is 2.55. The van der Waals surface area contributed by atoms with Crippen LogP contribution in [0.15, 0.2) is 20.3 Å². The molecule has 0 radical (unpaired) electrons. The fraction of sp³-hybridized carbons (Fsp3) is 0.750. The molecule has 3 rings (SSSR count).